The molecule has 0 aliphatic carbocycles. The van der Waals surface area contributed by atoms with Gasteiger partial charge in [-0.2, -0.15) is 23.0 Å². The zero-order valence-electron chi connectivity index (χ0n) is 19.9. The average Bonchev–Trinajstić information content (AvgIpc) is 3.50. The second-order valence-corrected chi connectivity index (χ2v) is 9.31. The van der Waals surface area contributed by atoms with Crippen LogP contribution >= 0.6 is 0 Å². The van der Waals surface area contributed by atoms with E-state index in [0.29, 0.717) is 38.3 Å². The summed E-state index contributed by atoms with van der Waals surface area (Å²) in [5, 5.41) is 11.1. The van der Waals surface area contributed by atoms with E-state index in [1.807, 2.05) is 4.90 Å². The summed E-state index contributed by atoms with van der Waals surface area (Å²) in [6.07, 6.45) is -2.17. The first kappa shape index (κ1) is 25.4. The number of aromatic nitrogens is 4. The standard InChI is InChI=1S/C23H25F3N6O4/c1-22(2,3)36-20(33)18-6-7-32(29-18)21(34)31-10-8-30(9-11-31)13-15-4-5-17(23(24,25)26)16(12-15)19-28-27-14-35-19/h4-7,12,14H,8-11,13H2,1-3H3. The number of esters is 1. The number of benzene rings is 1. The first-order chi connectivity index (χ1) is 16.9. The number of carbonyl (C=O) groups is 2. The topological polar surface area (TPSA) is 107 Å². The molecule has 2 aromatic heterocycles. The Morgan fingerprint density at radius 1 is 1.08 bits per heavy atom. The Kier molecular flexibility index (Phi) is 6.85. The van der Waals surface area contributed by atoms with Crippen LogP contribution in [0.2, 0.25) is 0 Å². The monoisotopic (exact) mass is 506 g/mol. The van der Waals surface area contributed by atoms with Crippen LogP contribution in [-0.2, 0) is 17.5 Å². The summed E-state index contributed by atoms with van der Waals surface area (Å²) in [4.78, 5) is 28.6. The van der Waals surface area contributed by atoms with Gasteiger partial charge in [0.05, 0.1) is 11.1 Å². The predicted molar refractivity (Wildman–Crippen MR) is 120 cm³/mol. The molecule has 13 heteroatoms. The number of hydrogen-bond acceptors (Lipinski definition) is 8. The second-order valence-electron chi connectivity index (χ2n) is 9.31. The SMILES string of the molecule is CC(C)(C)OC(=O)c1ccn(C(=O)N2CCN(Cc3ccc(C(F)(F)F)c(-c4nnco4)c3)CC2)n1. The van der Waals surface area contributed by atoms with Crippen molar-refractivity contribution in [3.05, 3.63) is 53.7 Å². The molecule has 1 amide bonds. The van der Waals surface area contributed by atoms with Gasteiger partial charge in [0.1, 0.15) is 5.60 Å². The number of alkyl halides is 3. The molecule has 192 valence electrons. The second kappa shape index (κ2) is 9.72. The van der Waals surface area contributed by atoms with E-state index in [9.17, 15) is 22.8 Å². The van der Waals surface area contributed by atoms with Crippen LogP contribution in [0.15, 0.2) is 41.3 Å². The van der Waals surface area contributed by atoms with E-state index in [0.717, 1.165) is 17.1 Å². The van der Waals surface area contributed by atoms with Gasteiger partial charge in [0, 0.05) is 38.9 Å². The number of carbonyl (C=O) groups excluding carboxylic acids is 2. The molecule has 0 unspecified atom stereocenters. The fourth-order valence-corrected chi connectivity index (χ4v) is 3.77. The fraction of sp³-hybridized carbons (Fsp3) is 0.435. The van der Waals surface area contributed by atoms with Gasteiger partial charge in [0.2, 0.25) is 12.3 Å². The molecule has 3 aromatic rings. The number of piperazine rings is 1. The Labute approximate surface area is 204 Å². The molecule has 0 saturated carbocycles. The van der Waals surface area contributed by atoms with Gasteiger partial charge in [-0.25, -0.2) is 9.59 Å². The Bertz CT molecular complexity index is 1230. The molecule has 36 heavy (non-hydrogen) atoms. The highest BCUT2D eigenvalue weighted by atomic mass is 19.4. The summed E-state index contributed by atoms with van der Waals surface area (Å²) in [5.41, 5.74) is -1.02. The van der Waals surface area contributed by atoms with Crippen molar-refractivity contribution in [1.29, 1.82) is 0 Å². The highest BCUT2D eigenvalue weighted by Crippen LogP contribution is 2.37. The van der Waals surface area contributed by atoms with Crippen molar-refractivity contribution in [2.45, 2.75) is 39.1 Å². The van der Waals surface area contributed by atoms with Crippen LogP contribution in [0.4, 0.5) is 18.0 Å². The minimum atomic E-state index is -4.57. The van der Waals surface area contributed by atoms with Crippen molar-refractivity contribution in [3.8, 4) is 11.5 Å². The van der Waals surface area contributed by atoms with E-state index < -0.39 is 23.3 Å². The van der Waals surface area contributed by atoms with Crippen molar-refractivity contribution in [2.75, 3.05) is 26.2 Å². The minimum Gasteiger partial charge on any atom is -0.455 e. The molecule has 0 radical (unpaired) electrons. The third-order valence-corrected chi connectivity index (χ3v) is 5.42. The van der Waals surface area contributed by atoms with E-state index >= 15 is 0 Å². The van der Waals surface area contributed by atoms with Crippen LogP contribution in [0.25, 0.3) is 11.5 Å². The maximum absolute atomic E-state index is 13.4. The van der Waals surface area contributed by atoms with Gasteiger partial charge in [0.25, 0.3) is 0 Å². The first-order valence-electron chi connectivity index (χ1n) is 11.2. The summed E-state index contributed by atoms with van der Waals surface area (Å²) in [6.45, 7) is 7.38. The molecule has 0 N–H and O–H groups in total. The Hall–Kier alpha value is -3.74. The van der Waals surface area contributed by atoms with Gasteiger partial charge >= 0.3 is 18.2 Å². The van der Waals surface area contributed by atoms with Crippen molar-refractivity contribution >= 4 is 12.0 Å². The quantitative estimate of drug-likeness (QED) is 0.494. The molecule has 10 nitrogen and oxygen atoms in total. The molecule has 1 saturated heterocycles. The van der Waals surface area contributed by atoms with Gasteiger partial charge in [-0.15, -0.1) is 10.2 Å². The van der Waals surface area contributed by atoms with Crippen molar-refractivity contribution in [2.24, 2.45) is 0 Å². The number of amides is 1. The molecule has 1 aliphatic rings. The van der Waals surface area contributed by atoms with E-state index in [4.69, 9.17) is 9.15 Å². The maximum Gasteiger partial charge on any atom is 0.417 e. The molecular formula is C23H25F3N6O4. The molecule has 0 bridgehead atoms. The predicted octanol–water partition coefficient (Wildman–Crippen LogP) is 3.69. The Morgan fingerprint density at radius 2 is 1.81 bits per heavy atom. The van der Waals surface area contributed by atoms with Crippen LogP contribution in [0, 0.1) is 0 Å². The fourth-order valence-electron chi connectivity index (χ4n) is 3.77. The van der Waals surface area contributed by atoms with E-state index in [-0.39, 0.29) is 23.2 Å². The van der Waals surface area contributed by atoms with Crippen LogP contribution in [0.3, 0.4) is 0 Å². The number of halogens is 3. The summed E-state index contributed by atoms with van der Waals surface area (Å²) in [7, 11) is 0. The zero-order chi connectivity index (χ0) is 26.1. The highest BCUT2D eigenvalue weighted by Gasteiger charge is 2.35. The molecule has 1 aromatic carbocycles. The smallest absolute Gasteiger partial charge is 0.417 e. The highest BCUT2D eigenvalue weighted by molar-refractivity contribution is 5.88. The molecular weight excluding hydrogens is 481 g/mol. The third-order valence-electron chi connectivity index (χ3n) is 5.42. The molecule has 1 fully saturated rings. The summed E-state index contributed by atoms with van der Waals surface area (Å²) in [5.74, 6) is -0.820. The van der Waals surface area contributed by atoms with Gasteiger partial charge in [-0.3, -0.25) is 4.90 Å². The Morgan fingerprint density at radius 3 is 2.42 bits per heavy atom. The lowest BCUT2D eigenvalue weighted by atomic mass is 10.0. The number of nitrogens with zero attached hydrogens (tertiary/aromatic N) is 6. The zero-order valence-corrected chi connectivity index (χ0v) is 19.9. The first-order valence-corrected chi connectivity index (χ1v) is 11.2. The Balaban J connectivity index is 1.38. The number of ether oxygens (including phenoxy) is 1. The molecule has 1 aliphatic heterocycles. The summed E-state index contributed by atoms with van der Waals surface area (Å²) < 4.78 is 51.7. The van der Waals surface area contributed by atoms with Gasteiger partial charge in [-0.1, -0.05) is 6.07 Å². The van der Waals surface area contributed by atoms with Crippen LogP contribution in [-0.4, -0.2) is 73.6 Å². The largest absolute Gasteiger partial charge is 0.455 e. The van der Waals surface area contributed by atoms with Crippen LogP contribution in [0.5, 0.6) is 0 Å². The van der Waals surface area contributed by atoms with Gasteiger partial charge in [0.15, 0.2) is 5.69 Å². The summed E-state index contributed by atoms with van der Waals surface area (Å²) >= 11 is 0. The van der Waals surface area contributed by atoms with Crippen molar-refractivity contribution < 1.29 is 31.9 Å². The van der Waals surface area contributed by atoms with Crippen molar-refractivity contribution in [1.82, 2.24) is 29.8 Å². The normalized spacial score (nSPS) is 15.2. The number of rotatable bonds is 4. The molecule has 4 rings (SSSR count). The van der Waals surface area contributed by atoms with E-state index in [1.165, 1.54) is 24.4 Å². The molecule has 3 heterocycles. The van der Waals surface area contributed by atoms with E-state index in [1.54, 1.807) is 25.7 Å². The van der Waals surface area contributed by atoms with Crippen LogP contribution < -0.4 is 0 Å². The number of hydrogen-bond donors (Lipinski definition) is 0. The third kappa shape index (κ3) is 5.90. The lowest BCUT2D eigenvalue weighted by Gasteiger charge is -2.34. The molecule has 0 atom stereocenters. The average molecular weight is 506 g/mol. The summed E-state index contributed by atoms with van der Waals surface area (Å²) in [6, 6.07) is 4.87. The van der Waals surface area contributed by atoms with Gasteiger partial charge < -0.3 is 14.1 Å². The molecule has 0 spiro atoms. The maximum atomic E-state index is 13.4. The van der Waals surface area contributed by atoms with Gasteiger partial charge in [-0.05, 0) is 44.5 Å². The van der Waals surface area contributed by atoms with E-state index in [2.05, 4.69) is 15.3 Å². The minimum absolute atomic E-state index is 0.0382. The lowest BCUT2D eigenvalue weighted by molar-refractivity contribution is -0.137. The van der Waals surface area contributed by atoms with Crippen LogP contribution in [0.1, 0.15) is 42.4 Å². The van der Waals surface area contributed by atoms with Crippen molar-refractivity contribution in [3.63, 3.8) is 0 Å². The lowest BCUT2D eigenvalue weighted by Crippen LogP contribution is -2.49.